The first kappa shape index (κ1) is 19.2. The van der Waals surface area contributed by atoms with E-state index >= 15 is 0 Å². The molecular weight excluding hydrogens is 402 g/mol. The molecule has 3 nitrogen and oxygen atoms in total. The Kier molecular flexibility index (Phi) is 5.26. The van der Waals surface area contributed by atoms with Crippen molar-refractivity contribution in [1.29, 1.82) is 0 Å². The van der Waals surface area contributed by atoms with Gasteiger partial charge < -0.3 is 0 Å². The molecule has 0 saturated heterocycles. The Balaban J connectivity index is 1.61. The molecule has 0 aliphatic heterocycles. The van der Waals surface area contributed by atoms with Crippen molar-refractivity contribution in [1.82, 2.24) is 15.0 Å². The van der Waals surface area contributed by atoms with E-state index < -0.39 is 0 Å². The number of pyridine rings is 1. The fraction of sp³-hybridized carbons (Fsp3) is 0. The van der Waals surface area contributed by atoms with Gasteiger partial charge in [-0.3, -0.25) is 4.98 Å². The van der Waals surface area contributed by atoms with Gasteiger partial charge in [-0.05, 0) is 23.3 Å². The molecule has 0 aliphatic carbocycles. The van der Waals surface area contributed by atoms with Crippen molar-refractivity contribution >= 4 is 11.6 Å². The number of benzene rings is 3. The lowest BCUT2D eigenvalue weighted by atomic mass is 10.0. The second-order valence-corrected chi connectivity index (χ2v) is 7.60. The van der Waals surface area contributed by atoms with E-state index in [1.807, 2.05) is 60.7 Å². The summed E-state index contributed by atoms with van der Waals surface area (Å²) in [5.41, 5.74) is 6.83. The van der Waals surface area contributed by atoms with Gasteiger partial charge in [-0.25, -0.2) is 9.97 Å². The normalized spacial score (nSPS) is 10.7. The van der Waals surface area contributed by atoms with Crippen molar-refractivity contribution in [3.8, 4) is 45.0 Å². The second kappa shape index (κ2) is 8.50. The summed E-state index contributed by atoms with van der Waals surface area (Å²) in [7, 11) is 0. The van der Waals surface area contributed by atoms with E-state index in [2.05, 4.69) is 41.4 Å². The van der Waals surface area contributed by atoms with Crippen molar-refractivity contribution in [2.75, 3.05) is 0 Å². The van der Waals surface area contributed by atoms with Crippen LogP contribution in [-0.4, -0.2) is 15.0 Å². The van der Waals surface area contributed by atoms with Crippen LogP contribution in [0.1, 0.15) is 0 Å². The Morgan fingerprint density at radius 1 is 0.484 bits per heavy atom. The number of hydrogen-bond acceptors (Lipinski definition) is 3. The zero-order chi connectivity index (χ0) is 21.0. The minimum Gasteiger partial charge on any atom is -0.262 e. The van der Waals surface area contributed by atoms with Gasteiger partial charge in [-0.15, -0.1) is 0 Å². The topological polar surface area (TPSA) is 38.7 Å². The molecule has 3 aromatic carbocycles. The molecule has 148 valence electrons. The minimum atomic E-state index is 0.575. The van der Waals surface area contributed by atoms with Crippen molar-refractivity contribution in [2.45, 2.75) is 0 Å². The van der Waals surface area contributed by atoms with Crippen molar-refractivity contribution in [3.05, 3.63) is 114 Å². The monoisotopic (exact) mass is 419 g/mol. The van der Waals surface area contributed by atoms with E-state index in [4.69, 9.17) is 21.6 Å². The van der Waals surface area contributed by atoms with Crippen LogP contribution in [0, 0.1) is 0 Å². The summed E-state index contributed by atoms with van der Waals surface area (Å²) in [6.45, 7) is 0. The van der Waals surface area contributed by atoms with E-state index in [9.17, 15) is 0 Å². The molecule has 0 fully saturated rings. The highest BCUT2D eigenvalue weighted by atomic mass is 35.5. The van der Waals surface area contributed by atoms with Gasteiger partial charge in [0.05, 0.1) is 16.4 Å². The third-order valence-corrected chi connectivity index (χ3v) is 5.25. The maximum Gasteiger partial charge on any atom is 0.160 e. The number of aromatic nitrogens is 3. The smallest absolute Gasteiger partial charge is 0.160 e. The van der Waals surface area contributed by atoms with E-state index in [1.54, 1.807) is 12.4 Å². The molecular formula is C27H18ClN3. The van der Waals surface area contributed by atoms with Crippen LogP contribution in [0.25, 0.3) is 45.0 Å². The third-order valence-electron chi connectivity index (χ3n) is 5.05. The Hall–Kier alpha value is -3.82. The van der Waals surface area contributed by atoms with Gasteiger partial charge in [0.1, 0.15) is 0 Å². The maximum absolute atomic E-state index is 6.18. The number of halogens is 1. The molecule has 5 aromatic rings. The lowest BCUT2D eigenvalue weighted by Crippen LogP contribution is -1.96. The van der Waals surface area contributed by atoms with Gasteiger partial charge in [0.25, 0.3) is 0 Å². The SMILES string of the molecule is Clc1cncc(-c2cc(-c3ccc(-c4ccccc4)cc3)nc(-c3ccccc3)n2)c1. The first-order valence-corrected chi connectivity index (χ1v) is 10.4. The predicted octanol–water partition coefficient (Wildman–Crippen LogP) is 7.19. The summed E-state index contributed by atoms with van der Waals surface area (Å²) in [5, 5.41) is 0.575. The molecule has 0 saturated carbocycles. The van der Waals surface area contributed by atoms with E-state index in [1.165, 1.54) is 11.1 Å². The van der Waals surface area contributed by atoms with Gasteiger partial charge in [0.2, 0.25) is 0 Å². The van der Waals surface area contributed by atoms with Gasteiger partial charge in [0.15, 0.2) is 5.82 Å². The Labute approximate surface area is 186 Å². The molecule has 0 radical (unpaired) electrons. The van der Waals surface area contributed by atoms with Gasteiger partial charge in [-0.1, -0.05) is 96.5 Å². The molecule has 0 bridgehead atoms. The van der Waals surface area contributed by atoms with Crippen LogP contribution in [0.5, 0.6) is 0 Å². The average molecular weight is 420 g/mol. The van der Waals surface area contributed by atoms with E-state index in [0.717, 1.165) is 28.1 Å². The summed E-state index contributed by atoms with van der Waals surface area (Å²) < 4.78 is 0. The van der Waals surface area contributed by atoms with Crippen LogP contribution in [-0.2, 0) is 0 Å². The van der Waals surface area contributed by atoms with E-state index in [0.29, 0.717) is 10.8 Å². The largest absolute Gasteiger partial charge is 0.262 e. The lowest BCUT2D eigenvalue weighted by molar-refractivity contribution is 1.18. The third kappa shape index (κ3) is 4.23. The lowest BCUT2D eigenvalue weighted by Gasteiger charge is -2.10. The quantitative estimate of drug-likeness (QED) is 0.309. The molecule has 0 atom stereocenters. The van der Waals surface area contributed by atoms with Crippen LogP contribution >= 0.6 is 11.6 Å². The average Bonchev–Trinajstić information content (AvgIpc) is 2.85. The molecule has 0 aliphatic rings. The van der Waals surface area contributed by atoms with Gasteiger partial charge >= 0.3 is 0 Å². The van der Waals surface area contributed by atoms with Crippen molar-refractivity contribution < 1.29 is 0 Å². The van der Waals surface area contributed by atoms with Gasteiger partial charge in [0, 0.05) is 29.1 Å². The fourth-order valence-electron chi connectivity index (χ4n) is 3.48. The highest BCUT2D eigenvalue weighted by Crippen LogP contribution is 2.29. The minimum absolute atomic E-state index is 0.575. The zero-order valence-corrected chi connectivity index (χ0v) is 17.4. The molecule has 0 N–H and O–H groups in total. The van der Waals surface area contributed by atoms with Crippen molar-refractivity contribution in [2.24, 2.45) is 0 Å². The Bertz CT molecular complexity index is 1320. The molecule has 0 unspecified atom stereocenters. The molecule has 2 aromatic heterocycles. The van der Waals surface area contributed by atoms with Gasteiger partial charge in [-0.2, -0.15) is 0 Å². The Morgan fingerprint density at radius 2 is 1.03 bits per heavy atom. The fourth-order valence-corrected chi connectivity index (χ4v) is 3.65. The number of rotatable bonds is 4. The molecule has 31 heavy (non-hydrogen) atoms. The summed E-state index contributed by atoms with van der Waals surface area (Å²) in [5.74, 6) is 0.667. The second-order valence-electron chi connectivity index (χ2n) is 7.16. The van der Waals surface area contributed by atoms with E-state index in [-0.39, 0.29) is 0 Å². The van der Waals surface area contributed by atoms with Crippen molar-refractivity contribution in [3.63, 3.8) is 0 Å². The molecule has 0 amide bonds. The van der Waals surface area contributed by atoms with Crippen LogP contribution in [0.2, 0.25) is 5.02 Å². The number of nitrogens with zero attached hydrogens (tertiary/aromatic N) is 3. The Morgan fingerprint density at radius 3 is 1.68 bits per heavy atom. The van der Waals surface area contributed by atoms with Crippen LogP contribution < -0.4 is 0 Å². The molecule has 0 spiro atoms. The van der Waals surface area contributed by atoms with Crippen LogP contribution in [0.3, 0.4) is 0 Å². The summed E-state index contributed by atoms with van der Waals surface area (Å²) in [4.78, 5) is 13.9. The predicted molar refractivity (Wildman–Crippen MR) is 127 cm³/mol. The first-order chi connectivity index (χ1) is 15.3. The standard InChI is InChI=1S/C27H18ClN3/c28-24-15-23(17-29-18-24)26-16-25(30-27(31-26)22-9-5-2-6-10-22)21-13-11-20(12-14-21)19-7-3-1-4-8-19/h1-18H. The van der Waals surface area contributed by atoms with Crippen LogP contribution in [0.15, 0.2) is 109 Å². The first-order valence-electron chi connectivity index (χ1n) is 9.97. The molecule has 5 rings (SSSR count). The zero-order valence-electron chi connectivity index (χ0n) is 16.6. The molecule has 2 heterocycles. The van der Waals surface area contributed by atoms with Crippen LogP contribution in [0.4, 0.5) is 0 Å². The summed E-state index contributed by atoms with van der Waals surface area (Å²) >= 11 is 6.18. The highest BCUT2D eigenvalue weighted by Gasteiger charge is 2.11. The number of hydrogen-bond donors (Lipinski definition) is 0. The maximum atomic E-state index is 6.18. The summed E-state index contributed by atoms with van der Waals surface area (Å²) in [6, 6.07) is 32.6. The molecule has 4 heteroatoms. The highest BCUT2D eigenvalue weighted by molar-refractivity contribution is 6.30. The summed E-state index contributed by atoms with van der Waals surface area (Å²) in [6.07, 6.45) is 3.39.